The van der Waals surface area contributed by atoms with Gasteiger partial charge in [0.2, 0.25) is 0 Å². The van der Waals surface area contributed by atoms with Crippen LogP contribution in [0.1, 0.15) is 19.5 Å². The number of nitrogens with zero attached hydrogens (tertiary/aromatic N) is 1. The Balaban J connectivity index is 3.03. The SMILES string of the molecule is C#CC(C)(C)Nc1cc(C)ncc1OC. The van der Waals surface area contributed by atoms with E-state index in [-0.39, 0.29) is 0 Å². The highest BCUT2D eigenvalue weighted by Crippen LogP contribution is 2.26. The van der Waals surface area contributed by atoms with E-state index >= 15 is 0 Å². The van der Waals surface area contributed by atoms with Gasteiger partial charge in [0.05, 0.1) is 24.5 Å². The lowest BCUT2D eigenvalue weighted by Crippen LogP contribution is -2.28. The topological polar surface area (TPSA) is 34.2 Å². The van der Waals surface area contributed by atoms with Crippen LogP contribution >= 0.6 is 0 Å². The number of hydrogen-bond acceptors (Lipinski definition) is 3. The molecule has 0 atom stereocenters. The summed E-state index contributed by atoms with van der Waals surface area (Å²) >= 11 is 0. The van der Waals surface area contributed by atoms with Crippen LogP contribution in [0.5, 0.6) is 5.75 Å². The van der Waals surface area contributed by atoms with E-state index < -0.39 is 5.54 Å². The van der Waals surface area contributed by atoms with Gasteiger partial charge in [-0.15, -0.1) is 6.42 Å². The highest BCUT2D eigenvalue weighted by atomic mass is 16.5. The van der Waals surface area contributed by atoms with Gasteiger partial charge in [0.25, 0.3) is 0 Å². The first kappa shape index (κ1) is 11.4. The highest BCUT2D eigenvalue weighted by Gasteiger charge is 2.15. The van der Waals surface area contributed by atoms with E-state index in [2.05, 4.69) is 16.2 Å². The smallest absolute Gasteiger partial charge is 0.160 e. The summed E-state index contributed by atoms with van der Waals surface area (Å²) in [5.41, 5.74) is 1.39. The zero-order valence-corrected chi connectivity index (χ0v) is 9.59. The fourth-order valence-electron chi connectivity index (χ4n) is 1.18. The van der Waals surface area contributed by atoms with Crippen molar-refractivity contribution in [2.75, 3.05) is 12.4 Å². The Bertz CT molecular complexity index is 391. The van der Waals surface area contributed by atoms with E-state index in [9.17, 15) is 0 Å². The molecule has 0 saturated heterocycles. The van der Waals surface area contributed by atoms with Crippen LogP contribution < -0.4 is 10.1 Å². The maximum atomic E-state index is 5.41. The lowest BCUT2D eigenvalue weighted by Gasteiger charge is -2.22. The zero-order chi connectivity index (χ0) is 11.5. The van der Waals surface area contributed by atoms with Crippen molar-refractivity contribution in [1.82, 2.24) is 4.98 Å². The number of aromatic nitrogens is 1. The summed E-state index contributed by atoms with van der Waals surface area (Å²) in [5.74, 6) is 3.37. The molecule has 0 amide bonds. The van der Waals surface area contributed by atoms with Crippen LogP contribution in [0.25, 0.3) is 0 Å². The summed E-state index contributed by atoms with van der Waals surface area (Å²) in [4.78, 5) is 4.15. The normalized spacial score (nSPS) is 10.6. The van der Waals surface area contributed by atoms with Gasteiger partial charge >= 0.3 is 0 Å². The molecular weight excluding hydrogens is 188 g/mol. The van der Waals surface area contributed by atoms with Crippen LogP contribution in [0, 0.1) is 19.3 Å². The Morgan fingerprint density at radius 3 is 2.73 bits per heavy atom. The molecule has 0 aliphatic carbocycles. The first-order chi connectivity index (χ1) is 6.98. The summed E-state index contributed by atoms with van der Waals surface area (Å²) in [6.07, 6.45) is 7.10. The molecule has 0 aromatic carbocycles. The zero-order valence-electron chi connectivity index (χ0n) is 9.59. The minimum absolute atomic E-state index is 0.402. The number of terminal acetylenes is 1. The van der Waals surface area contributed by atoms with Gasteiger partial charge < -0.3 is 10.1 Å². The van der Waals surface area contributed by atoms with Gasteiger partial charge in [-0.2, -0.15) is 0 Å². The molecule has 1 aromatic heterocycles. The van der Waals surface area contributed by atoms with Crippen molar-refractivity contribution in [2.24, 2.45) is 0 Å². The maximum Gasteiger partial charge on any atom is 0.160 e. The summed E-state index contributed by atoms with van der Waals surface area (Å²) in [6, 6.07) is 1.91. The second-order valence-electron chi connectivity index (χ2n) is 3.92. The van der Waals surface area contributed by atoms with Crippen molar-refractivity contribution in [3.8, 4) is 18.1 Å². The Hall–Kier alpha value is -1.69. The third-order valence-corrected chi connectivity index (χ3v) is 2.03. The second kappa shape index (κ2) is 4.22. The van der Waals surface area contributed by atoms with Crippen LogP contribution in [-0.4, -0.2) is 17.6 Å². The number of nitrogens with one attached hydrogen (secondary N) is 1. The average Bonchev–Trinajstić information content (AvgIpc) is 2.18. The van der Waals surface area contributed by atoms with Gasteiger partial charge in [0.15, 0.2) is 5.75 Å². The van der Waals surface area contributed by atoms with E-state index in [1.807, 2.05) is 26.8 Å². The minimum Gasteiger partial charge on any atom is -0.493 e. The molecule has 0 saturated carbocycles. The van der Waals surface area contributed by atoms with Crippen molar-refractivity contribution in [3.63, 3.8) is 0 Å². The number of methoxy groups -OCH3 is 1. The molecule has 1 heterocycles. The molecule has 3 nitrogen and oxygen atoms in total. The van der Waals surface area contributed by atoms with Crippen molar-refractivity contribution in [2.45, 2.75) is 26.3 Å². The van der Waals surface area contributed by atoms with Crippen LogP contribution in [0.4, 0.5) is 5.69 Å². The van der Waals surface area contributed by atoms with E-state index in [0.717, 1.165) is 11.4 Å². The summed E-state index contributed by atoms with van der Waals surface area (Å²) in [7, 11) is 1.61. The van der Waals surface area contributed by atoms with Crippen LogP contribution in [0.3, 0.4) is 0 Å². The average molecular weight is 204 g/mol. The van der Waals surface area contributed by atoms with Gasteiger partial charge in [0.1, 0.15) is 0 Å². The summed E-state index contributed by atoms with van der Waals surface area (Å²) < 4.78 is 5.20. The highest BCUT2D eigenvalue weighted by molar-refractivity contribution is 5.58. The first-order valence-electron chi connectivity index (χ1n) is 4.75. The largest absolute Gasteiger partial charge is 0.493 e. The van der Waals surface area contributed by atoms with E-state index in [0.29, 0.717) is 5.75 Å². The molecule has 3 heteroatoms. The van der Waals surface area contributed by atoms with Crippen molar-refractivity contribution < 1.29 is 4.74 Å². The maximum absolute atomic E-state index is 5.41. The lowest BCUT2D eigenvalue weighted by molar-refractivity contribution is 0.413. The number of ether oxygens (including phenoxy) is 1. The third-order valence-electron chi connectivity index (χ3n) is 2.03. The van der Waals surface area contributed by atoms with E-state index in [4.69, 9.17) is 11.2 Å². The standard InChI is InChI=1S/C12H16N2O/c1-6-12(3,4)14-10-7-9(2)13-8-11(10)15-5/h1,7-8H,2-5H3,(H,13,14). The molecule has 0 spiro atoms. The molecule has 1 N–H and O–H groups in total. The molecule has 0 unspecified atom stereocenters. The molecular formula is C12H16N2O. The van der Waals surface area contributed by atoms with Crippen molar-refractivity contribution in [3.05, 3.63) is 18.0 Å². The lowest BCUT2D eigenvalue weighted by atomic mass is 10.1. The second-order valence-corrected chi connectivity index (χ2v) is 3.92. The third kappa shape index (κ3) is 2.88. The van der Waals surface area contributed by atoms with Gasteiger partial charge in [-0.25, -0.2) is 0 Å². The van der Waals surface area contributed by atoms with Gasteiger partial charge in [-0.1, -0.05) is 5.92 Å². The van der Waals surface area contributed by atoms with Crippen molar-refractivity contribution in [1.29, 1.82) is 0 Å². The monoisotopic (exact) mass is 204 g/mol. The summed E-state index contributed by atoms with van der Waals surface area (Å²) in [5, 5.41) is 3.23. The first-order valence-corrected chi connectivity index (χ1v) is 4.75. The molecule has 80 valence electrons. The quantitative estimate of drug-likeness (QED) is 0.766. The fourth-order valence-corrected chi connectivity index (χ4v) is 1.18. The van der Waals surface area contributed by atoms with Gasteiger partial charge in [0, 0.05) is 5.69 Å². The number of pyridine rings is 1. The Labute approximate surface area is 90.9 Å². The Morgan fingerprint density at radius 1 is 1.53 bits per heavy atom. The predicted molar refractivity (Wildman–Crippen MR) is 62.1 cm³/mol. The van der Waals surface area contributed by atoms with Gasteiger partial charge in [-0.3, -0.25) is 4.98 Å². The number of rotatable bonds is 3. The number of aryl methyl sites for hydroxylation is 1. The number of hydrogen-bond donors (Lipinski definition) is 1. The minimum atomic E-state index is -0.402. The fraction of sp³-hybridized carbons (Fsp3) is 0.417. The van der Waals surface area contributed by atoms with Crippen molar-refractivity contribution >= 4 is 5.69 Å². The van der Waals surface area contributed by atoms with Crippen LogP contribution in [-0.2, 0) is 0 Å². The molecule has 0 aliphatic heterocycles. The molecule has 15 heavy (non-hydrogen) atoms. The molecule has 0 fully saturated rings. The van der Waals surface area contributed by atoms with Crippen LogP contribution in [0.2, 0.25) is 0 Å². The Morgan fingerprint density at radius 2 is 2.20 bits per heavy atom. The Kier molecular flexibility index (Phi) is 3.21. The molecule has 0 radical (unpaired) electrons. The molecule has 1 aromatic rings. The van der Waals surface area contributed by atoms with E-state index in [1.165, 1.54) is 0 Å². The predicted octanol–water partition coefficient (Wildman–Crippen LogP) is 2.22. The van der Waals surface area contributed by atoms with Gasteiger partial charge in [-0.05, 0) is 26.8 Å². The number of anilines is 1. The molecule has 1 rings (SSSR count). The van der Waals surface area contributed by atoms with Crippen LogP contribution in [0.15, 0.2) is 12.3 Å². The molecule has 0 bridgehead atoms. The summed E-state index contributed by atoms with van der Waals surface area (Å²) in [6.45, 7) is 5.79. The molecule has 0 aliphatic rings. The van der Waals surface area contributed by atoms with E-state index in [1.54, 1.807) is 13.3 Å².